The predicted octanol–water partition coefficient (Wildman–Crippen LogP) is -0.0628. The third-order valence-electron chi connectivity index (χ3n) is 1.34. The van der Waals surface area contributed by atoms with Crippen molar-refractivity contribution >= 4 is 21.6 Å². The quantitative estimate of drug-likeness (QED) is 0.728. The summed E-state index contributed by atoms with van der Waals surface area (Å²) in [4.78, 5) is 3.71. The molecule has 0 aromatic carbocycles. The van der Waals surface area contributed by atoms with Crippen molar-refractivity contribution in [2.75, 3.05) is 12.4 Å². The van der Waals surface area contributed by atoms with Crippen molar-refractivity contribution in [3.8, 4) is 0 Å². The van der Waals surface area contributed by atoms with E-state index in [0.29, 0.717) is 0 Å². The number of imidazole rings is 1. The lowest BCUT2D eigenvalue weighted by atomic mass is 10.8. The van der Waals surface area contributed by atoms with Crippen LogP contribution in [0.1, 0.15) is 0 Å². The molecule has 0 aliphatic carbocycles. The SMILES string of the molecule is Cn1cnc(S(=O)(=O)NCCCl)c1. The minimum absolute atomic E-state index is 0.0140. The summed E-state index contributed by atoms with van der Waals surface area (Å²) in [5.74, 6) is 0.242. The molecule has 74 valence electrons. The van der Waals surface area contributed by atoms with Crippen LogP contribution in [0.2, 0.25) is 0 Å². The molecule has 0 amide bonds. The first-order valence-electron chi connectivity index (χ1n) is 3.60. The molecule has 1 aromatic rings. The highest BCUT2D eigenvalue weighted by Gasteiger charge is 2.15. The largest absolute Gasteiger partial charge is 0.339 e. The maximum absolute atomic E-state index is 11.4. The fourth-order valence-corrected chi connectivity index (χ4v) is 1.99. The van der Waals surface area contributed by atoms with Gasteiger partial charge in [0.05, 0.1) is 6.33 Å². The van der Waals surface area contributed by atoms with Gasteiger partial charge < -0.3 is 4.57 Å². The van der Waals surface area contributed by atoms with Gasteiger partial charge in [0.1, 0.15) is 0 Å². The minimum Gasteiger partial charge on any atom is -0.339 e. The van der Waals surface area contributed by atoms with E-state index in [0.717, 1.165) is 0 Å². The number of aryl methyl sites for hydroxylation is 1. The van der Waals surface area contributed by atoms with E-state index in [4.69, 9.17) is 11.6 Å². The standard InChI is InChI=1S/C6H10ClN3O2S/c1-10-4-6(8-5-10)13(11,12)9-3-2-7/h4-5,9H,2-3H2,1H3. The number of sulfonamides is 1. The molecule has 1 heterocycles. The lowest BCUT2D eigenvalue weighted by Crippen LogP contribution is -2.25. The van der Waals surface area contributed by atoms with Crippen LogP contribution < -0.4 is 4.72 Å². The number of halogens is 1. The van der Waals surface area contributed by atoms with Crippen LogP contribution in [0.3, 0.4) is 0 Å². The Morgan fingerprint density at radius 2 is 2.38 bits per heavy atom. The molecular weight excluding hydrogens is 214 g/mol. The van der Waals surface area contributed by atoms with E-state index in [9.17, 15) is 8.42 Å². The van der Waals surface area contributed by atoms with E-state index < -0.39 is 10.0 Å². The van der Waals surface area contributed by atoms with Gasteiger partial charge in [-0.05, 0) is 0 Å². The summed E-state index contributed by atoms with van der Waals surface area (Å²) in [5.41, 5.74) is 0. The summed E-state index contributed by atoms with van der Waals surface area (Å²) in [6.07, 6.45) is 2.85. The molecule has 7 heteroatoms. The molecule has 0 aliphatic rings. The molecule has 0 atom stereocenters. The maximum atomic E-state index is 11.4. The number of nitrogens with one attached hydrogen (secondary N) is 1. The zero-order chi connectivity index (χ0) is 9.90. The van der Waals surface area contributed by atoms with E-state index in [-0.39, 0.29) is 17.5 Å². The monoisotopic (exact) mass is 223 g/mol. The van der Waals surface area contributed by atoms with Gasteiger partial charge in [-0.15, -0.1) is 11.6 Å². The first-order chi connectivity index (χ1) is 6.06. The van der Waals surface area contributed by atoms with Crippen molar-refractivity contribution in [1.82, 2.24) is 14.3 Å². The van der Waals surface area contributed by atoms with Gasteiger partial charge in [0.15, 0.2) is 5.03 Å². The Labute approximate surface area is 81.8 Å². The zero-order valence-corrected chi connectivity index (χ0v) is 8.64. The average molecular weight is 224 g/mol. The molecule has 1 rings (SSSR count). The van der Waals surface area contributed by atoms with Crippen LogP contribution >= 0.6 is 11.6 Å². The van der Waals surface area contributed by atoms with E-state index in [1.54, 1.807) is 11.6 Å². The zero-order valence-electron chi connectivity index (χ0n) is 7.07. The highest BCUT2D eigenvalue weighted by Crippen LogP contribution is 2.02. The van der Waals surface area contributed by atoms with Crippen molar-refractivity contribution in [3.05, 3.63) is 12.5 Å². The Morgan fingerprint density at radius 3 is 2.85 bits per heavy atom. The van der Waals surface area contributed by atoms with Gasteiger partial charge in [-0.1, -0.05) is 0 Å². The van der Waals surface area contributed by atoms with Crippen LogP contribution in [0.4, 0.5) is 0 Å². The molecule has 0 unspecified atom stereocenters. The van der Waals surface area contributed by atoms with Gasteiger partial charge in [0, 0.05) is 25.7 Å². The number of aromatic nitrogens is 2. The smallest absolute Gasteiger partial charge is 0.259 e. The topological polar surface area (TPSA) is 64.0 Å². The maximum Gasteiger partial charge on any atom is 0.259 e. The molecule has 1 N–H and O–H groups in total. The Morgan fingerprint density at radius 1 is 1.69 bits per heavy atom. The predicted molar refractivity (Wildman–Crippen MR) is 49.1 cm³/mol. The molecule has 5 nitrogen and oxygen atoms in total. The fraction of sp³-hybridized carbons (Fsp3) is 0.500. The van der Waals surface area contributed by atoms with Gasteiger partial charge in [-0.3, -0.25) is 0 Å². The van der Waals surface area contributed by atoms with E-state index in [1.807, 2.05) is 0 Å². The molecular formula is C6H10ClN3O2S. The third-order valence-corrected chi connectivity index (χ3v) is 2.88. The van der Waals surface area contributed by atoms with Gasteiger partial charge in [0.2, 0.25) is 0 Å². The summed E-state index contributed by atoms with van der Waals surface area (Å²) in [6, 6.07) is 0. The normalized spacial score (nSPS) is 11.8. The van der Waals surface area contributed by atoms with E-state index >= 15 is 0 Å². The van der Waals surface area contributed by atoms with Crippen LogP contribution in [0.25, 0.3) is 0 Å². The van der Waals surface area contributed by atoms with Gasteiger partial charge in [0.25, 0.3) is 10.0 Å². The number of hydrogen-bond acceptors (Lipinski definition) is 3. The lowest BCUT2D eigenvalue weighted by Gasteiger charge is -1.99. The Kier molecular flexibility index (Phi) is 3.29. The second-order valence-electron chi connectivity index (χ2n) is 2.46. The van der Waals surface area contributed by atoms with Crippen LogP contribution in [0.15, 0.2) is 17.6 Å². The van der Waals surface area contributed by atoms with E-state index in [2.05, 4.69) is 9.71 Å². The summed E-state index contributed by atoms with van der Waals surface area (Å²) in [7, 11) is -1.77. The van der Waals surface area contributed by atoms with Crippen molar-refractivity contribution in [2.24, 2.45) is 7.05 Å². The summed E-state index contributed by atoms with van der Waals surface area (Å²) in [5, 5.41) is 0.0140. The first kappa shape index (κ1) is 10.5. The molecule has 0 saturated carbocycles. The van der Waals surface area contributed by atoms with E-state index in [1.165, 1.54) is 12.5 Å². The van der Waals surface area contributed by atoms with Gasteiger partial charge in [-0.2, -0.15) is 0 Å². The molecule has 1 aromatic heterocycles. The van der Waals surface area contributed by atoms with Crippen molar-refractivity contribution in [2.45, 2.75) is 5.03 Å². The van der Waals surface area contributed by atoms with Crippen LogP contribution in [-0.4, -0.2) is 30.4 Å². The molecule has 0 bridgehead atoms. The fourth-order valence-electron chi connectivity index (χ4n) is 0.774. The second-order valence-corrected chi connectivity index (χ2v) is 4.56. The number of hydrogen-bond donors (Lipinski definition) is 1. The van der Waals surface area contributed by atoms with Crippen molar-refractivity contribution in [1.29, 1.82) is 0 Å². The number of rotatable bonds is 4. The summed E-state index contributed by atoms with van der Waals surface area (Å²) in [6.45, 7) is 0.209. The summed E-state index contributed by atoms with van der Waals surface area (Å²) >= 11 is 5.35. The van der Waals surface area contributed by atoms with Crippen molar-refractivity contribution < 1.29 is 8.42 Å². The summed E-state index contributed by atoms with van der Waals surface area (Å²) < 4.78 is 26.6. The third kappa shape index (κ3) is 2.68. The molecule has 0 fully saturated rings. The average Bonchev–Trinajstić information content (AvgIpc) is 2.49. The molecule has 13 heavy (non-hydrogen) atoms. The van der Waals surface area contributed by atoms with Crippen LogP contribution in [-0.2, 0) is 17.1 Å². The van der Waals surface area contributed by atoms with Gasteiger partial charge in [-0.25, -0.2) is 18.1 Å². The highest BCUT2D eigenvalue weighted by molar-refractivity contribution is 7.89. The van der Waals surface area contributed by atoms with Gasteiger partial charge >= 0.3 is 0 Å². The Bertz CT molecular complexity index is 373. The Hall–Kier alpha value is -0.590. The van der Waals surface area contributed by atoms with Crippen LogP contribution in [0, 0.1) is 0 Å². The van der Waals surface area contributed by atoms with Crippen molar-refractivity contribution in [3.63, 3.8) is 0 Å². The molecule has 0 saturated heterocycles. The minimum atomic E-state index is -3.47. The lowest BCUT2D eigenvalue weighted by molar-refractivity contribution is 0.580. The number of alkyl halides is 1. The Balaban J connectivity index is 2.82. The molecule has 0 spiro atoms. The highest BCUT2D eigenvalue weighted by atomic mass is 35.5. The first-order valence-corrected chi connectivity index (χ1v) is 5.61. The number of nitrogens with zero attached hydrogens (tertiary/aromatic N) is 2. The molecule has 0 aliphatic heterocycles. The second kappa shape index (κ2) is 4.08. The van der Waals surface area contributed by atoms with Crippen LogP contribution in [0.5, 0.6) is 0 Å². The molecule has 0 radical (unpaired) electrons.